The van der Waals surface area contributed by atoms with Crippen LogP contribution in [-0.4, -0.2) is 34.6 Å². The minimum Gasteiger partial charge on any atom is -0.342 e. The van der Waals surface area contributed by atoms with Gasteiger partial charge < -0.3 is 4.90 Å². The molecule has 0 bridgehead atoms. The smallest absolute Gasteiger partial charge is 0.222 e. The van der Waals surface area contributed by atoms with Crippen LogP contribution in [0, 0.1) is 5.92 Å². The van der Waals surface area contributed by atoms with Gasteiger partial charge in [0.2, 0.25) is 5.91 Å². The van der Waals surface area contributed by atoms with E-state index in [1.807, 2.05) is 40.9 Å². The van der Waals surface area contributed by atoms with Crippen LogP contribution in [0.4, 0.5) is 0 Å². The normalized spacial score (nSPS) is 17.4. The highest BCUT2D eigenvalue weighted by molar-refractivity contribution is 7.99. The molecule has 23 heavy (non-hydrogen) atoms. The zero-order valence-corrected chi connectivity index (χ0v) is 14.0. The van der Waals surface area contributed by atoms with Crippen molar-refractivity contribution >= 4 is 17.7 Å². The van der Waals surface area contributed by atoms with Crippen LogP contribution in [0.1, 0.15) is 18.5 Å². The quantitative estimate of drug-likeness (QED) is 0.760. The zero-order valence-electron chi connectivity index (χ0n) is 13.2. The molecular formula is C19H22N2OS. The summed E-state index contributed by atoms with van der Waals surface area (Å²) in [6.07, 6.45) is 4.21. The SMILES string of the molecule is O=C(CCc1ccccn1)N1CCC(CSc2ccccc2)C1. The van der Waals surface area contributed by atoms with Gasteiger partial charge in [-0.05, 0) is 43.0 Å². The molecule has 1 saturated heterocycles. The fourth-order valence-corrected chi connectivity index (χ4v) is 3.91. The van der Waals surface area contributed by atoms with Crippen LogP contribution in [-0.2, 0) is 11.2 Å². The highest BCUT2D eigenvalue weighted by Gasteiger charge is 2.25. The Kier molecular flexibility index (Phi) is 5.70. The highest BCUT2D eigenvalue weighted by Crippen LogP contribution is 2.26. The minimum atomic E-state index is 0.267. The molecule has 0 saturated carbocycles. The lowest BCUT2D eigenvalue weighted by Crippen LogP contribution is -2.29. The van der Waals surface area contributed by atoms with Crippen LogP contribution >= 0.6 is 11.8 Å². The summed E-state index contributed by atoms with van der Waals surface area (Å²) < 4.78 is 0. The lowest BCUT2D eigenvalue weighted by atomic mass is 10.2. The van der Waals surface area contributed by atoms with E-state index in [0.29, 0.717) is 12.3 Å². The van der Waals surface area contributed by atoms with Crippen molar-refractivity contribution < 1.29 is 4.79 Å². The van der Waals surface area contributed by atoms with E-state index < -0.39 is 0 Å². The molecule has 120 valence electrons. The van der Waals surface area contributed by atoms with Gasteiger partial charge in [0.25, 0.3) is 0 Å². The lowest BCUT2D eigenvalue weighted by Gasteiger charge is -2.16. The van der Waals surface area contributed by atoms with Crippen molar-refractivity contribution in [1.29, 1.82) is 0 Å². The first kappa shape index (κ1) is 16.1. The molecule has 1 aromatic heterocycles. The minimum absolute atomic E-state index is 0.267. The van der Waals surface area contributed by atoms with Gasteiger partial charge in [-0.1, -0.05) is 24.3 Å². The Morgan fingerprint density at radius 3 is 2.78 bits per heavy atom. The molecular weight excluding hydrogens is 304 g/mol. The Labute approximate surface area is 142 Å². The van der Waals surface area contributed by atoms with Crippen molar-refractivity contribution in [2.45, 2.75) is 24.2 Å². The zero-order chi connectivity index (χ0) is 15.9. The van der Waals surface area contributed by atoms with Crippen LogP contribution in [0.15, 0.2) is 59.6 Å². The second-order valence-electron chi connectivity index (χ2n) is 5.94. The van der Waals surface area contributed by atoms with Gasteiger partial charge >= 0.3 is 0 Å². The van der Waals surface area contributed by atoms with Crippen LogP contribution in [0.25, 0.3) is 0 Å². The van der Waals surface area contributed by atoms with Gasteiger partial charge in [-0.25, -0.2) is 0 Å². The molecule has 1 fully saturated rings. The molecule has 0 radical (unpaired) electrons. The monoisotopic (exact) mass is 326 g/mol. The van der Waals surface area contributed by atoms with Crippen molar-refractivity contribution in [2.24, 2.45) is 5.92 Å². The Bertz CT molecular complexity index is 618. The number of carbonyl (C=O) groups is 1. The van der Waals surface area contributed by atoms with Gasteiger partial charge in [0.05, 0.1) is 0 Å². The first-order valence-electron chi connectivity index (χ1n) is 8.17. The molecule has 1 aliphatic heterocycles. The standard InChI is InChI=1S/C19H22N2OS/c22-19(10-9-17-6-4-5-12-20-17)21-13-11-16(14-21)15-23-18-7-2-1-3-8-18/h1-8,12,16H,9-11,13-15H2. The Hall–Kier alpha value is -1.81. The molecule has 4 heteroatoms. The summed E-state index contributed by atoms with van der Waals surface area (Å²) in [6.45, 7) is 1.81. The molecule has 1 aromatic carbocycles. The van der Waals surface area contributed by atoms with Crippen LogP contribution in [0.5, 0.6) is 0 Å². The van der Waals surface area contributed by atoms with Gasteiger partial charge in [0.15, 0.2) is 0 Å². The summed E-state index contributed by atoms with van der Waals surface area (Å²) in [4.78, 5) is 20.0. The molecule has 2 aromatic rings. The molecule has 2 heterocycles. The Morgan fingerprint density at radius 2 is 2.00 bits per heavy atom. The van der Waals surface area contributed by atoms with Gasteiger partial charge in [-0.3, -0.25) is 9.78 Å². The number of aryl methyl sites for hydroxylation is 1. The van der Waals surface area contributed by atoms with Gasteiger partial charge in [-0.2, -0.15) is 0 Å². The van der Waals surface area contributed by atoms with Crippen molar-refractivity contribution in [2.75, 3.05) is 18.8 Å². The number of carbonyl (C=O) groups excluding carboxylic acids is 1. The van der Waals surface area contributed by atoms with E-state index in [2.05, 4.69) is 29.2 Å². The topological polar surface area (TPSA) is 33.2 Å². The number of hydrogen-bond acceptors (Lipinski definition) is 3. The first-order chi connectivity index (χ1) is 11.3. The second kappa shape index (κ2) is 8.16. The number of thioether (sulfide) groups is 1. The summed E-state index contributed by atoms with van der Waals surface area (Å²) in [7, 11) is 0. The number of nitrogens with zero attached hydrogens (tertiary/aromatic N) is 2. The maximum atomic E-state index is 12.3. The van der Waals surface area contributed by atoms with E-state index in [1.54, 1.807) is 6.20 Å². The fourth-order valence-electron chi connectivity index (χ4n) is 2.87. The summed E-state index contributed by atoms with van der Waals surface area (Å²) in [5, 5.41) is 0. The maximum absolute atomic E-state index is 12.3. The molecule has 1 amide bonds. The van der Waals surface area contributed by atoms with Crippen LogP contribution < -0.4 is 0 Å². The highest BCUT2D eigenvalue weighted by atomic mass is 32.2. The number of rotatable bonds is 6. The largest absolute Gasteiger partial charge is 0.342 e. The molecule has 3 rings (SSSR count). The predicted octanol–water partition coefficient (Wildman–Crippen LogP) is 3.66. The first-order valence-corrected chi connectivity index (χ1v) is 9.15. The van der Waals surface area contributed by atoms with Crippen molar-refractivity contribution in [3.63, 3.8) is 0 Å². The van der Waals surface area contributed by atoms with Crippen molar-refractivity contribution in [3.8, 4) is 0 Å². The lowest BCUT2D eigenvalue weighted by molar-refractivity contribution is -0.130. The molecule has 1 unspecified atom stereocenters. The summed E-state index contributed by atoms with van der Waals surface area (Å²) in [5.41, 5.74) is 0.997. The third kappa shape index (κ3) is 4.83. The second-order valence-corrected chi connectivity index (χ2v) is 7.03. The van der Waals surface area contributed by atoms with Gasteiger partial charge in [0, 0.05) is 42.0 Å². The van der Waals surface area contributed by atoms with E-state index in [-0.39, 0.29) is 5.91 Å². The molecule has 0 spiro atoms. The Morgan fingerprint density at radius 1 is 1.17 bits per heavy atom. The molecule has 1 atom stereocenters. The van der Waals surface area contributed by atoms with Crippen molar-refractivity contribution in [1.82, 2.24) is 9.88 Å². The molecule has 1 aliphatic rings. The number of likely N-dealkylation sites (tertiary alicyclic amines) is 1. The summed E-state index contributed by atoms with van der Waals surface area (Å²) in [6, 6.07) is 16.3. The van der Waals surface area contributed by atoms with Crippen LogP contribution in [0.3, 0.4) is 0 Å². The fraction of sp³-hybridized carbons (Fsp3) is 0.368. The van der Waals surface area contributed by atoms with E-state index in [0.717, 1.165) is 37.4 Å². The Balaban J connectivity index is 1.41. The molecule has 0 N–H and O–H groups in total. The maximum Gasteiger partial charge on any atom is 0.222 e. The molecule has 3 nitrogen and oxygen atoms in total. The molecule has 0 aliphatic carbocycles. The number of benzene rings is 1. The van der Waals surface area contributed by atoms with E-state index in [1.165, 1.54) is 4.90 Å². The van der Waals surface area contributed by atoms with Crippen LogP contribution in [0.2, 0.25) is 0 Å². The van der Waals surface area contributed by atoms with Gasteiger partial charge in [0.1, 0.15) is 0 Å². The number of amides is 1. The predicted molar refractivity (Wildman–Crippen MR) is 94.4 cm³/mol. The number of aromatic nitrogens is 1. The van der Waals surface area contributed by atoms with Crippen molar-refractivity contribution in [3.05, 3.63) is 60.4 Å². The average molecular weight is 326 g/mol. The van der Waals surface area contributed by atoms with Gasteiger partial charge in [-0.15, -0.1) is 11.8 Å². The summed E-state index contributed by atoms with van der Waals surface area (Å²) >= 11 is 1.89. The average Bonchev–Trinajstić information content (AvgIpc) is 3.09. The summed E-state index contributed by atoms with van der Waals surface area (Å²) in [5.74, 6) is 1.97. The number of pyridine rings is 1. The van der Waals surface area contributed by atoms with E-state index >= 15 is 0 Å². The third-order valence-electron chi connectivity index (χ3n) is 4.19. The number of hydrogen-bond donors (Lipinski definition) is 0. The third-order valence-corrected chi connectivity index (χ3v) is 5.43. The van der Waals surface area contributed by atoms with E-state index in [4.69, 9.17) is 0 Å². The van der Waals surface area contributed by atoms with E-state index in [9.17, 15) is 4.79 Å².